The van der Waals surface area contributed by atoms with Crippen LogP contribution in [0.25, 0.3) is 0 Å². The van der Waals surface area contributed by atoms with Gasteiger partial charge in [-0.15, -0.1) is 0 Å². The fraction of sp³-hybridized carbons (Fsp3) is 0.533. The molecule has 1 fully saturated rings. The smallest absolute Gasteiger partial charge is 0.337 e. The molecule has 1 saturated heterocycles. The molecular formula is C15H20BrNO3. The van der Waals surface area contributed by atoms with E-state index >= 15 is 0 Å². The minimum Gasteiger partial charge on any atom is -0.465 e. The van der Waals surface area contributed by atoms with Gasteiger partial charge in [-0.2, -0.15) is 0 Å². The van der Waals surface area contributed by atoms with Crippen molar-refractivity contribution >= 4 is 21.9 Å². The fourth-order valence-corrected chi connectivity index (χ4v) is 2.79. The molecule has 1 aliphatic heterocycles. The Kier molecular flexibility index (Phi) is 6.01. The maximum atomic E-state index is 11.4. The second-order valence-corrected chi connectivity index (χ2v) is 5.85. The molecule has 1 aromatic rings. The maximum Gasteiger partial charge on any atom is 0.337 e. The van der Waals surface area contributed by atoms with Gasteiger partial charge in [-0.1, -0.05) is 22.0 Å². The molecule has 1 aliphatic rings. The van der Waals surface area contributed by atoms with Crippen LogP contribution in [0.3, 0.4) is 0 Å². The molecular weight excluding hydrogens is 322 g/mol. The van der Waals surface area contributed by atoms with Crippen molar-refractivity contribution in [3.63, 3.8) is 0 Å². The first-order chi connectivity index (χ1) is 9.70. The summed E-state index contributed by atoms with van der Waals surface area (Å²) in [5.74, 6) is 0.388. The minimum atomic E-state index is -0.313. The zero-order valence-electron chi connectivity index (χ0n) is 11.7. The molecule has 1 heterocycles. The van der Waals surface area contributed by atoms with Gasteiger partial charge in [0.05, 0.1) is 12.7 Å². The van der Waals surface area contributed by atoms with Gasteiger partial charge >= 0.3 is 5.97 Å². The lowest BCUT2D eigenvalue weighted by atomic mass is 10.1. The van der Waals surface area contributed by atoms with Crippen molar-refractivity contribution in [3.05, 3.63) is 33.8 Å². The van der Waals surface area contributed by atoms with Crippen LogP contribution < -0.4 is 5.32 Å². The zero-order valence-corrected chi connectivity index (χ0v) is 13.2. The van der Waals surface area contributed by atoms with Gasteiger partial charge in [0.1, 0.15) is 0 Å². The van der Waals surface area contributed by atoms with Crippen LogP contribution in [-0.4, -0.2) is 32.8 Å². The van der Waals surface area contributed by atoms with Crippen LogP contribution >= 0.6 is 15.9 Å². The van der Waals surface area contributed by atoms with E-state index in [0.717, 1.165) is 42.8 Å². The quantitative estimate of drug-likeness (QED) is 0.638. The molecule has 2 rings (SSSR count). The Labute approximate surface area is 128 Å². The molecule has 0 aliphatic carbocycles. The van der Waals surface area contributed by atoms with E-state index in [-0.39, 0.29) is 5.97 Å². The summed E-state index contributed by atoms with van der Waals surface area (Å²) < 4.78 is 11.0. The number of ether oxygens (including phenoxy) is 2. The first-order valence-corrected chi connectivity index (χ1v) is 7.65. The standard InChI is InChI=1S/C15H20BrNO3/c1-19-15(18)12-2-3-13(14(16)8-12)9-17-6-4-11-5-7-20-10-11/h2-3,8,11,17H,4-7,9-10H2,1H3. The molecule has 1 N–H and O–H groups in total. The van der Waals surface area contributed by atoms with Crippen LogP contribution in [0, 0.1) is 5.92 Å². The molecule has 1 aromatic carbocycles. The third-order valence-corrected chi connectivity index (χ3v) is 4.28. The van der Waals surface area contributed by atoms with Gasteiger partial charge in [-0.3, -0.25) is 0 Å². The first kappa shape index (κ1) is 15.5. The van der Waals surface area contributed by atoms with E-state index in [1.54, 1.807) is 12.1 Å². The maximum absolute atomic E-state index is 11.4. The largest absolute Gasteiger partial charge is 0.465 e. The minimum absolute atomic E-state index is 0.313. The Morgan fingerprint density at radius 3 is 3.05 bits per heavy atom. The molecule has 20 heavy (non-hydrogen) atoms. The van der Waals surface area contributed by atoms with Crippen LogP contribution in [-0.2, 0) is 16.0 Å². The van der Waals surface area contributed by atoms with Crippen LogP contribution in [0.1, 0.15) is 28.8 Å². The van der Waals surface area contributed by atoms with Gasteiger partial charge in [0.2, 0.25) is 0 Å². The van der Waals surface area contributed by atoms with Crippen LogP contribution in [0.5, 0.6) is 0 Å². The number of carbonyl (C=O) groups excluding carboxylic acids is 1. The zero-order chi connectivity index (χ0) is 14.4. The highest BCUT2D eigenvalue weighted by Gasteiger charge is 2.14. The molecule has 0 aromatic heterocycles. The molecule has 0 bridgehead atoms. The van der Waals surface area contributed by atoms with Crippen LogP contribution in [0.15, 0.2) is 22.7 Å². The van der Waals surface area contributed by atoms with E-state index in [1.165, 1.54) is 13.5 Å². The molecule has 110 valence electrons. The number of halogens is 1. The second-order valence-electron chi connectivity index (χ2n) is 4.99. The van der Waals surface area contributed by atoms with Gasteiger partial charge < -0.3 is 14.8 Å². The third-order valence-electron chi connectivity index (χ3n) is 3.54. The highest BCUT2D eigenvalue weighted by atomic mass is 79.9. The molecule has 5 heteroatoms. The van der Waals surface area contributed by atoms with Gasteiger partial charge in [0, 0.05) is 24.2 Å². The predicted octanol–water partition coefficient (Wildman–Crippen LogP) is 2.75. The monoisotopic (exact) mass is 341 g/mol. The second kappa shape index (κ2) is 7.76. The normalized spacial score (nSPS) is 18.2. The van der Waals surface area contributed by atoms with Gasteiger partial charge in [-0.05, 0) is 43.0 Å². The lowest BCUT2D eigenvalue weighted by Gasteiger charge is -2.10. The predicted molar refractivity (Wildman–Crippen MR) is 80.7 cm³/mol. The van der Waals surface area contributed by atoms with E-state index < -0.39 is 0 Å². The average molecular weight is 342 g/mol. The average Bonchev–Trinajstić information content (AvgIpc) is 2.97. The number of esters is 1. The van der Waals surface area contributed by atoms with E-state index in [9.17, 15) is 4.79 Å². The number of nitrogens with one attached hydrogen (secondary N) is 1. The van der Waals surface area contributed by atoms with Crippen molar-refractivity contribution in [2.45, 2.75) is 19.4 Å². The highest BCUT2D eigenvalue weighted by Crippen LogP contribution is 2.19. The third kappa shape index (κ3) is 4.30. The molecule has 0 spiro atoms. The summed E-state index contributed by atoms with van der Waals surface area (Å²) in [6, 6.07) is 5.54. The summed E-state index contributed by atoms with van der Waals surface area (Å²) in [4.78, 5) is 11.4. The van der Waals surface area contributed by atoms with Gasteiger partial charge in [-0.25, -0.2) is 4.79 Å². The summed E-state index contributed by atoms with van der Waals surface area (Å²) in [6.07, 6.45) is 2.33. The van der Waals surface area contributed by atoms with E-state index in [4.69, 9.17) is 9.47 Å². The Bertz CT molecular complexity index is 458. The Balaban J connectivity index is 1.79. The van der Waals surface area contributed by atoms with Crippen molar-refractivity contribution < 1.29 is 14.3 Å². The molecule has 0 radical (unpaired) electrons. The summed E-state index contributed by atoms with van der Waals surface area (Å²) in [7, 11) is 1.39. The van der Waals surface area contributed by atoms with E-state index in [1.807, 2.05) is 6.07 Å². The highest BCUT2D eigenvalue weighted by molar-refractivity contribution is 9.10. The first-order valence-electron chi connectivity index (χ1n) is 6.86. The van der Waals surface area contributed by atoms with Crippen LogP contribution in [0.4, 0.5) is 0 Å². The lowest BCUT2D eigenvalue weighted by Crippen LogP contribution is -2.18. The molecule has 0 amide bonds. The van der Waals surface area contributed by atoms with E-state index in [0.29, 0.717) is 11.5 Å². The van der Waals surface area contributed by atoms with Crippen molar-refractivity contribution in [2.75, 3.05) is 26.9 Å². The number of hydrogen-bond donors (Lipinski definition) is 1. The SMILES string of the molecule is COC(=O)c1ccc(CNCCC2CCOC2)c(Br)c1. The fourth-order valence-electron chi connectivity index (χ4n) is 2.28. The summed E-state index contributed by atoms with van der Waals surface area (Å²) in [6.45, 7) is 3.58. The van der Waals surface area contributed by atoms with Crippen molar-refractivity contribution in [1.82, 2.24) is 5.32 Å². The van der Waals surface area contributed by atoms with Gasteiger partial charge in [0.15, 0.2) is 0 Å². The number of hydrogen-bond acceptors (Lipinski definition) is 4. The Morgan fingerprint density at radius 1 is 1.55 bits per heavy atom. The molecule has 1 atom stereocenters. The number of carbonyl (C=O) groups is 1. The number of rotatable bonds is 6. The topological polar surface area (TPSA) is 47.6 Å². The lowest BCUT2D eigenvalue weighted by molar-refractivity contribution is 0.0600. The van der Waals surface area contributed by atoms with Gasteiger partial charge in [0.25, 0.3) is 0 Å². The molecule has 0 saturated carbocycles. The molecule has 1 unspecified atom stereocenters. The van der Waals surface area contributed by atoms with Crippen LogP contribution in [0.2, 0.25) is 0 Å². The Morgan fingerprint density at radius 2 is 2.40 bits per heavy atom. The number of benzene rings is 1. The van der Waals surface area contributed by atoms with Crippen molar-refractivity contribution in [3.8, 4) is 0 Å². The van der Waals surface area contributed by atoms with Crippen molar-refractivity contribution in [1.29, 1.82) is 0 Å². The summed E-state index contributed by atoms with van der Waals surface area (Å²) in [5, 5.41) is 3.43. The van der Waals surface area contributed by atoms with Crippen molar-refractivity contribution in [2.24, 2.45) is 5.92 Å². The summed E-state index contributed by atoms with van der Waals surface area (Å²) in [5.41, 5.74) is 1.70. The number of methoxy groups -OCH3 is 1. The van der Waals surface area contributed by atoms with E-state index in [2.05, 4.69) is 21.2 Å². The Hall–Kier alpha value is -0.910. The molecule has 4 nitrogen and oxygen atoms in total. The summed E-state index contributed by atoms with van der Waals surface area (Å²) >= 11 is 3.50.